The quantitative estimate of drug-likeness (QED) is 0.390. The summed E-state index contributed by atoms with van der Waals surface area (Å²) in [4.78, 5) is 11.8. The number of nitrogens with zero attached hydrogens (tertiary/aromatic N) is 1. The molecule has 23 heavy (non-hydrogen) atoms. The summed E-state index contributed by atoms with van der Waals surface area (Å²) in [5.74, 6) is 0.905. The van der Waals surface area contributed by atoms with Gasteiger partial charge >= 0.3 is 0 Å². The molecule has 5 nitrogen and oxygen atoms in total. The molecule has 3 rings (SSSR count). The molecule has 0 bridgehead atoms. The van der Waals surface area contributed by atoms with Crippen molar-refractivity contribution in [3.8, 4) is 5.75 Å². The number of hydrogen-bond donors (Lipinski definition) is 1. The molecule has 2 aromatic carbocycles. The van der Waals surface area contributed by atoms with Gasteiger partial charge in [-0.2, -0.15) is 5.10 Å². The number of hydrogen-bond acceptors (Lipinski definition) is 4. The van der Waals surface area contributed by atoms with Crippen LogP contribution in [-0.2, 0) is 4.79 Å². The lowest BCUT2D eigenvalue weighted by molar-refractivity contribution is -0.123. The number of rotatable bonds is 5. The van der Waals surface area contributed by atoms with Crippen LogP contribution in [0.5, 0.6) is 5.75 Å². The topological polar surface area (TPSA) is 63.8 Å². The van der Waals surface area contributed by atoms with E-state index in [2.05, 4.69) is 33.1 Å². The Morgan fingerprint density at radius 3 is 2.83 bits per heavy atom. The van der Waals surface area contributed by atoms with Crippen LogP contribution in [0.3, 0.4) is 0 Å². The summed E-state index contributed by atoms with van der Waals surface area (Å²) in [5.41, 5.74) is 2.40. The van der Waals surface area contributed by atoms with Crippen LogP contribution in [0.4, 0.5) is 0 Å². The minimum Gasteiger partial charge on any atom is -0.483 e. The first kappa shape index (κ1) is 15.5. The van der Waals surface area contributed by atoms with Gasteiger partial charge in [0.25, 0.3) is 5.91 Å². The van der Waals surface area contributed by atoms with Crippen LogP contribution in [0, 0.1) is 3.77 Å². The molecule has 6 heteroatoms. The maximum atomic E-state index is 11.8. The van der Waals surface area contributed by atoms with Crippen molar-refractivity contribution in [2.75, 3.05) is 6.61 Å². The van der Waals surface area contributed by atoms with Gasteiger partial charge in [-0.3, -0.25) is 4.79 Å². The third-order valence-corrected chi connectivity index (χ3v) is 3.66. The molecule has 116 valence electrons. The highest BCUT2D eigenvalue weighted by Gasteiger charge is 2.05. The number of amides is 1. The number of fused-ring (bicyclic) bond motifs is 1. The zero-order valence-corrected chi connectivity index (χ0v) is 14.2. The molecule has 0 aliphatic rings. The molecule has 0 saturated carbocycles. The highest BCUT2D eigenvalue weighted by atomic mass is 127. The summed E-state index contributed by atoms with van der Waals surface area (Å²) in [6, 6.07) is 17.2. The number of benzene rings is 2. The molecule has 1 heterocycles. The van der Waals surface area contributed by atoms with Crippen LogP contribution < -0.4 is 10.2 Å². The molecule has 1 N–H and O–H groups in total. The fraction of sp³-hybridized carbons (Fsp3) is 0.0588. The van der Waals surface area contributed by atoms with Gasteiger partial charge in [0.2, 0.25) is 0 Å². The average Bonchev–Trinajstić information content (AvgIpc) is 2.98. The molecule has 0 aliphatic carbocycles. The SMILES string of the molecule is O=C(COc1cccc2ccccc12)N/N=C/c1ccc(I)o1. The number of halogens is 1. The maximum Gasteiger partial charge on any atom is 0.277 e. The van der Waals surface area contributed by atoms with E-state index >= 15 is 0 Å². The lowest BCUT2D eigenvalue weighted by atomic mass is 10.1. The first-order chi connectivity index (χ1) is 11.2. The van der Waals surface area contributed by atoms with E-state index in [1.54, 1.807) is 6.07 Å². The summed E-state index contributed by atoms with van der Waals surface area (Å²) < 4.78 is 11.6. The molecule has 0 fully saturated rings. The van der Waals surface area contributed by atoms with Crippen molar-refractivity contribution in [2.45, 2.75) is 0 Å². The van der Waals surface area contributed by atoms with Crippen molar-refractivity contribution < 1.29 is 13.9 Å². The number of carbonyl (C=O) groups is 1. The van der Waals surface area contributed by atoms with Crippen molar-refractivity contribution in [3.05, 3.63) is 64.1 Å². The highest BCUT2D eigenvalue weighted by Crippen LogP contribution is 2.24. The monoisotopic (exact) mass is 420 g/mol. The van der Waals surface area contributed by atoms with Gasteiger partial charge < -0.3 is 9.15 Å². The van der Waals surface area contributed by atoms with Gasteiger partial charge in [0, 0.05) is 5.39 Å². The van der Waals surface area contributed by atoms with Crippen LogP contribution in [0.25, 0.3) is 10.8 Å². The van der Waals surface area contributed by atoms with Crippen molar-refractivity contribution in [1.82, 2.24) is 5.43 Å². The van der Waals surface area contributed by atoms with E-state index in [1.807, 2.05) is 48.5 Å². The predicted molar refractivity (Wildman–Crippen MR) is 96.6 cm³/mol. The van der Waals surface area contributed by atoms with E-state index in [4.69, 9.17) is 9.15 Å². The van der Waals surface area contributed by atoms with Crippen molar-refractivity contribution in [2.24, 2.45) is 5.10 Å². The third-order valence-electron chi connectivity index (χ3n) is 3.08. The second kappa shape index (κ2) is 7.28. The fourth-order valence-electron chi connectivity index (χ4n) is 2.06. The van der Waals surface area contributed by atoms with E-state index in [-0.39, 0.29) is 12.5 Å². The standard InChI is InChI=1S/C17H13IN2O3/c18-16-9-8-13(23-16)10-19-20-17(21)11-22-15-7-3-5-12-4-1-2-6-14(12)15/h1-10H,11H2,(H,20,21)/b19-10+. The Kier molecular flexibility index (Phi) is 4.92. The molecule has 0 saturated heterocycles. The molecular formula is C17H13IN2O3. The van der Waals surface area contributed by atoms with E-state index in [0.29, 0.717) is 11.5 Å². The van der Waals surface area contributed by atoms with Gasteiger partial charge in [0.05, 0.1) is 6.21 Å². The summed E-state index contributed by atoms with van der Waals surface area (Å²) in [6.07, 6.45) is 1.44. The van der Waals surface area contributed by atoms with E-state index in [9.17, 15) is 4.79 Å². The number of hydrazone groups is 1. The van der Waals surface area contributed by atoms with E-state index in [1.165, 1.54) is 6.21 Å². The van der Waals surface area contributed by atoms with Gasteiger partial charge in [0.1, 0.15) is 11.5 Å². The van der Waals surface area contributed by atoms with Gasteiger partial charge in [-0.15, -0.1) is 0 Å². The fourth-order valence-corrected chi connectivity index (χ4v) is 2.50. The van der Waals surface area contributed by atoms with Gasteiger partial charge in [-0.05, 0) is 46.2 Å². The lowest BCUT2D eigenvalue weighted by Crippen LogP contribution is -2.24. The minimum atomic E-state index is -0.338. The summed E-state index contributed by atoms with van der Waals surface area (Å²) in [6.45, 7) is -0.110. The van der Waals surface area contributed by atoms with Crippen LogP contribution in [0.2, 0.25) is 0 Å². The predicted octanol–water partition coefficient (Wildman–Crippen LogP) is 3.57. The van der Waals surface area contributed by atoms with Crippen LogP contribution in [0.1, 0.15) is 5.76 Å². The van der Waals surface area contributed by atoms with Crippen LogP contribution >= 0.6 is 22.6 Å². The second-order valence-corrected chi connectivity index (χ2v) is 5.76. The number of carbonyl (C=O) groups excluding carboxylic acids is 1. The van der Waals surface area contributed by atoms with Gasteiger partial charge in [-0.25, -0.2) is 5.43 Å². The first-order valence-electron chi connectivity index (χ1n) is 6.90. The molecule has 3 aromatic rings. The second-order valence-electron chi connectivity index (χ2n) is 4.70. The van der Waals surface area contributed by atoms with Crippen LogP contribution in [-0.4, -0.2) is 18.7 Å². The Morgan fingerprint density at radius 2 is 2.00 bits per heavy atom. The summed E-state index contributed by atoms with van der Waals surface area (Å²) in [5, 5.41) is 5.86. The lowest BCUT2D eigenvalue weighted by Gasteiger charge is -2.08. The zero-order chi connectivity index (χ0) is 16.1. The Labute approximate surface area is 146 Å². The Balaban J connectivity index is 1.57. The molecule has 0 radical (unpaired) electrons. The Morgan fingerprint density at radius 1 is 1.17 bits per heavy atom. The normalized spacial score (nSPS) is 11.0. The smallest absolute Gasteiger partial charge is 0.277 e. The van der Waals surface area contributed by atoms with E-state index < -0.39 is 0 Å². The number of nitrogens with one attached hydrogen (secondary N) is 1. The summed E-state index contributed by atoms with van der Waals surface area (Å²) >= 11 is 2.06. The third kappa shape index (κ3) is 4.10. The van der Waals surface area contributed by atoms with E-state index in [0.717, 1.165) is 14.5 Å². The molecule has 0 atom stereocenters. The van der Waals surface area contributed by atoms with Crippen LogP contribution in [0.15, 0.2) is 64.1 Å². The summed E-state index contributed by atoms with van der Waals surface area (Å²) in [7, 11) is 0. The molecule has 1 amide bonds. The Hall–Kier alpha value is -2.35. The highest BCUT2D eigenvalue weighted by molar-refractivity contribution is 14.1. The average molecular weight is 420 g/mol. The zero-order valence-electron chi connectivity index (χ0n) is 12.0. The van der Waals surface area contributed by atoms with Crippen molar-refractivity contribution >= 4 is 45.5 Å². The Bertz CT molecular complexity index is 852. The van der Waals surface area contributed by atoms with Crippen molar-refractivity contribution in [1.29, 1.82) is 0 Å². The number of ether oxygens (including phenoxy) is 1. The minimum absolute atomic E-state index is 0.110. The molecule has 0 spiro atoms. The first-order valence-corrected chi connectivity index (χ1v) is 7.98. The van der Waals surface area contributed by atoms with Gasteiger partial charge in [0.15, 0.2) is 10.4 Å². The molecule has 1 aromatic heterocycles. The maximum absolute atomic E-state index is 11.8. The van der Waals surface area contributed by atoms with Crippen molar-refractivity contribution in [3.63, 3.8) is 0 Å². The molecule has 0 aliphatic heterocycles. The molecular weight excluding hydrogens is 407 g/mol. The largest absolute Gasteiger partial charge is 0.483 e. The molecule has 0 unspecified atom stereocenters. The number of furan rings is 1. The van der Waals surface area contributed by atoms with Gasteiger partial charge in [-0.1, -0.05) is 36.4 Å².